The van der Waals surface area contributed by atoms with Gasteiger partial charge in [-0.3, -0.25) is 0 Å². The molecule has 0 aromatic heterocycles. The van der Waals surface area contributed by atoms with Gasteiger partial charge in [0.15, 0.2) is 0 Å². The molecule has 3 aromatic carbocycles. The SMILES string of the molecule is Cc1ccccc1Nc1ccccc1C1CCC(c2ccccc2)CC1. The Morgan fingerprint density at radius 2 is 1.19 bits per heavy atom. The predicted molar refractivity (Wildman–Crippen MR) is 111 cm³/mol. The van der Waals surface area contributed by atoms with E-state index in [0.29, 0.717) is 5.92 Å². The van der Waals surface area contributed by atoms with Crippen molar-refractivity contribution in [3.63, 3.8) is 0 Å². The summed E-state index contributed by atoms with van der Waals surface area (Å²) in [5, 5.41) is 3.68. The Morgan fingerprint density at radius 3 is 1.92 bits per heavy atom. The van der Waals surface area contributed by atoms with Gasteiger partial charge >= 0.3 is 0 Å². The first-order valence-corrected chi connectivity index (χ1v) is 9.78. The third-order valence-electron chi connectivity index (χ3n) is 5.81. The van der Waals surface area contributed by atoms with Crippen LogP contribution in [0.25, 0.3) is 0 Å². The Kier molecular flexibility index (Phi) is 5.06. The molecule has 1 fully saturated rings. The van der Waals surface area contributed by atoms with Gasteiger partial charge in [-0.1, -0.05) is 66.7 Å². The number of rotatable bonds is 4. The average molecular weight is 341 g/mol. The number of aryl methyl sites for hydroxylation is 1. The van der Waals surface area contributed by atoms with Crippen LogP contribution in [0.1, 0.15) is 54.2 Å². The molecule has 4 rings (SSSR count). The largest absolute Gasteiger partial charge is 0.355 e. The van der Waals surface area contributed by atoms with E-state index in [1.165, 1.54) is 53.7 Å². The monoisotopic (exact) mass is 341 g/mol. The molecule has 0 atom stereocenters. The molecule has 1 saturated carbocycles. The molecule has 0 spiro atoms. The van der Waals surface area contributed by atoms with Gasteiger partial charge in [-0.15, -0.1) is 0 Å². The normalized spacial score (nSPS) is 19.9. The van der Waals surface area contributed by atoms with Crippen LogP contribution in [0.4, 0.5) is 11.4 Å². The van der Waals surface area contributed by atoms with Crippen LogP contribution in [0.3, 0.4) is 0 Å². The topological polar surface area (TPSA) is 12.0 Å². The molecule has 1 aliphatic rings. The van der Waals surface area contributed by atoms with Crippen LogP contribution in [-0.4, -0.2) is 0 Å². The molecule has 132 valence electrons. The highest BCUT2D eigenvalue weighted by molar-refractivity contribution is 5.66. The maximum absolute atomic E-state index is 3.68. The van der Waals surface area contributed by atoms with E-state index in [1.807, 2.05) is 0 Å². The van der Waals surface area contributed by atoms with Gasteiger partial charge in [0.1, 0.15) is 0 Å². The van der Waals surface area contributed by atoms with Gasteiger partial charge in [0.2, 0.25) is 0 Å². The summed E-state index contributed by atoms with van der Waals surface area (Å²) < 4.78 is 0. The fourth-order valence-electron chi connectivity index (χ4n) is 4.29. The van der Waals surface area contributed by atoms with E-state index in [-0.39, 0.29) is 0 Å². The van der Waals surface area contributed by atoms with Gasteiger partial charge < -0.3 is 5.32 Å². The zero-order chi connectivity index (χ0) is 17.8. The number of hydrogen-bond acceptors (Lipinski definition) is 1. The van der Waals surface area contributed by atoms with Gasteiger partial charge in [0.25, 0.3) is 0 Å². The molecule has 0 amide bonds. The van der Waals surface area contributed by atoms with E-state index in [9.17, 15) is 0 Å². The van der Waals surface area contributed by atoms with Crippen LogP contribution in [0.5, 0.6) is 0 Å². The number of hydrogen-bond donors (Lipinski definition) is 1. The van der Waals surface area contributed by atoms with Crippen molar-refractivity contribution in [2.75, 3.05) is 5.32 Å². The van der Waals surface area contributed by atoms with Crippen LogP contribution in [-0.2, 0) is 0 Å². The fourth-order valence-corrected chi connectivity index (χ4v) is 4.29. The standard InChI is InChI=1S/C25H27N/c1-19-9-5-7-13-24(19)26-25-14-8-6-12-23(25)22-17-15-21(16-18-22)20-10-3-2-4-11-20/h2-14,21-22,26H,15-18H2,1H3. The van der Waals surface area contributed by atoms with Crippen molar-refractivity contribution < 1.29 is 0 Å². The van der Waals surface area contributed by atoms with Crippen LogP contribution < -0.4 is 5.32 Å². The minimum Gasteiger partial charge on any atom is -0.355 e. The number of anilines is 2. The lowest BCUT2D eigenvalue weighted by molar-refractivity contribution is 0.397. The zero-order valence-corrected chi connectivity index (χ0v) is 15.5. The molecule has 1 aliphatic carbocycles. The molecule has 0 bridgehead atoms. The number of nitrogens with one attached hydrogen (secondary N) is 1. The summed E-state index contributed by atoms with van der Waals surface area (Å²) in [4.78, 5) is 0. The van der Waals surface area contributed by atoms with Crippen molar-refractivity contribution >= 4 is 11.4 Å². The highest BCUT2D eigenvalue weighted by Gasteiger charge is 2.24. The highest BCUT2D eigenvalue weighted by Crippen LogP contribution is 2.42. The molecule has 0 unspecified atom stereocenters. The molecule has 0 heterocycles. The Bertz CT molecular complexity index is 845. The van der Waals surface area contributed by atoms with E-state index < -0.39 is 0 Å². The smallest absolute Gasteiger partial charge is 0.0419 e. The Balaban J connectivity index is 1.50. The van der Waals surface area contributed by atoms with Crippen LogP contribution >= 0.6 is 0 Å². The van der Waals surface area contributed by atoms with Gasteiger partial charge in [-0.25, -0.2) is 0 Å². The molecule has 0 saturated heterocycles. The molecule has 26 heavy (non-hydrogen) atoms. The van der Waals surface area contributed by atoms with Gasteiger partial charge in [-0.2, -0.15) is 0 Å². The second-order valence-electron chi connectivity index (χ2n) is 7.49. The molecule has 0 radical (unpaired) electrons. The van der Waals surface area contributed by atoms with Gasteiger partial charge in [0, 0.05) is 11.4 Å². The molecule has 1 heteroatoms. The van der Waals surface area contributed by atoms with Crippen LogP contribution in [0.2, 0.25) is 0 Å². The van der Waals surface area contributed by atoms with Crippen molar-refractivity contribution in [1.82, 2.24) is 0 Å². The molecule has 1 nitrogen and oxygen atoms in total. The summed E-state index contributed by atoms with van der Waals surface area (Å²) >= 11 is 0. The summed E-state index contributed by atoms with van der Waals surface area (Å²) in [5.74, 6) is 1.38. The second kappa shape index (κ2) is 7.78. The maximum atomic E-state index is 3.68. The van der Waals surface area contributed by atoms with Gasteiger partial charge in [-0.05, 0) is 73.3 Å². The van der Waals surface area contributed by atoms with Crippen molar-refractivity contribution in [1.29, 1.82) is 0 Å². The maximum Gasteiger partial charge on any atom is 0.0419 e. The summed E-state index contributed by atoms with van der Waals surface area (Å²) in [6.07, 6.45) is 5.11. The molecule has 3 aromatic rings. The average Bonchev–Trinajstić information content (AvgIpc) is 2.71. The highest BCUT2D eigenvalue weighted by atomic mass is 14.9. The Morgan fingerprint density at radius 1 is 0.615 bits per heavy atom. The lowest BCUT2D eigenvalue weighted by Gasteiger charge is -2.30. The van der Waals surface area contributed by atoms with E-state index in [4.69, 9.17) is 0 Å². The quantitative estimate of drug-likeness (QED) is 0.530. The Hall–Kier alpha value is -2.54. The van der Waals surface area contributed by atoms with Crippen molar-refractivity contribution in [2.24, 2.45) is 0 Å². The molecular formula is C25H27N. The van der Waals surface area contributed by atoms with E-state index in [0.717, 1.165) is 5.92 Å². The summed E-state index contributed by atoms with van der Waals surface area (Å²) in [6.45, 7) is 2.16. The minimum absolute atomic E-state index is 0.655. The summed E-state index contributed by atoms with van der Waals surface area (Å²) in [7, 11) is 0. The van der Waals surface area contributed by atoms with Crippen molar-refractivity contribution in [3.8, 4) is 0 Å². The second-order valence-corrected chi connectivity index (χ2v) is 7.49. The minimum atomic E-state index is 0.655. The van der Waals surface area contributed by atoms with Crippen LogP contribution in [0.15, 0.2) is 78.9 Å². The number of benzene rings is 3. The first-order valence-electron chi connectivity index (χ1n) is 9.78. The van der Waals surface area contributed by atoms with E-state index in [2.05, 4.69) is 91.1 Å². The van der Waals surface area contributed by atoms with Crippen molar-refractivity contribution in [3.05, 3.63) is 95.6 Å². The van der Waals surface area contributed by atoms with Crippen molar-refractivity contribution in [2.45, 2.75) is 44.4 Å². The third-order valence-corrected chi connectivity index (χ3v) is 5.81. The Labute approximate surface area is 157 Å². The lowest BCUT2D eigenvalue weighted by atomic mass is 9.76. The zero-order valence-electron chi connectivity index (χ0n) is 15.5. The fraction of sp³-hybridized carbons (Fsp3) is 0.280. The summed E-state index contributed by atoms with van der Waals surface area (Å²) in [5.41, 5.74) is 6.75. The lowest BCUT2D eigenvalue weighted by Crippen LogP contribution is -2.13. The predicted octanol–water partition coefficient (Wildman–Crippen LogP) is 7.18. The summed E-state index contributed by atoms with van der Waals surface area (Å²) in [6, 6.07) is 28.4. The first kappa shape index (κ1) is 16.9. The molecule has 1 N–H and O–H groups in total. The number of para-hydroxylation sites is 2. The van der Waals surface area contributed by atoms with Crippen LogP contribution in [0, 0.1) is 6.92 Å². The molecule has 0 aliphatic heterocycles. The van der Waals surface area contributed by atoms with E-state index in [1.54, 1.807) is 0 Å². The first-order chi connectivity index (χ1) is 12.8. The molecular weight excluding hydrogens is 314 g/mol. The van der Waals surface area contributed by atoms with E-state index >= 15 is 0 Å². The van der Waals surface area contributed by atoms with Gasteiger partial charge in [0.05, 0.1) is 0 Å². The third kappa shape index (κ3) is 3.67.